The van der Waals surface area contributed by atoms with Gasteiger partial charge in [-0.05, 0) is 30.4 Å². The minimum atomic E-state index is -0.108. The molecule has 68 valence electrons. The Labute approximate surface area is 80.6 Å². The molecule has 14 heavy (non-hydrogen) atoms. The van der Waals surface area contributed by atoms with E-state index in [1.807, 2.05) is 24.3 Å². The van der Waals surface area contributed by atoms with E-state index in [1.165, 1.54) is 6.26 Å². The van der Waals surface area contributed by atoms with Crippen LogP contribution >= 0.6 is 0 Å². The van der Waals surface area contributed by atoms with E-state index in [9.17, 15) is 4.79 Å². The Balaban J connectivity index is 1.94. The molecule has 0 radical (unpaired) electrons. The predicted molar refractivity (Wildman–Crippen MR) is 50.2 cm³/mol. The summed E-state index contributed by atoms with van der Waals surface area (Å²) in [5.74, 6) is 0.264. The van der Waals surface area contributed by atoms with Gasteiger partial charge in [-0.3, -0.25) is 9.69 Å². The third-order valence-electron chi connectivity index (χ3n) is 2.28. The van der Waals surface area contributed by atoms with E-state index < -0.39 is 0 Å². The summed E-state index contributed by atoms with van der Waals surface area (Å²) in [6, 6.07) is 3.38. The molecule has 0 N–H and O–H groups in total. The average Bonchev–Trinajstić information content (AvgIpc) is 2.71. The summed E-state index contributed by atoms with van der Waals surface area (Å²) in [6.07, 6.45) is 9.18. The molecule has 3 heterocycles. The fourth-order valence-corrected chi connectivity index (χ4v) is 1.60. The largest absolute Gasteiger partial charge is 0.459 e. The van der Waals surface area contributed by atoms with Gasteiger partial charge in [0.1, 0.15) is 0 Å². The topological polar surface area (TPSA) is 33.5 Å². The van der Waals surface area contributed by atoms with Crippen LogP contribution in [0.15, 0.2) is 58.5 Å². The molecule has 0 fully saturated rings. The second-order valence-corrected chi connectivity index (χ2v) is 3.14. The Morgan fingerprint density at radius 2 is 2.29 bits per heavy atom. The summed E-state index contributed by atoms with van der Waals surface area (Å²) in [7, 11) is 0. The Kier molecular flexibility index (Phi) is 1.31. The lowest BCUT2D eigenvalue weighted by Crippen LogP contribution is -2.35. The highest BCUT2D eigenvalue weighted by molar-refractivity contribution is 5.96. The number of allylic oxidation sites excluding steroid dienone is 4. The lowest BCUT2D eigenvalue weighted by Gasteiger charge is -2.33. The number of carbonyl (C=O) groups excluding carboxylic acids is 1. The number of rotatable bonds is 1. The van der Waals surface area contributed by atoms with Crippen LogP contribution in [0, 0.1) is 0 Å². The van der Waals surface area contributed by atoms with Crippen LogP contribution in [0.5, 0.6) is 0 Å². The molecule has 3 nitrogen and oxygen atoms in total. The highest BCUT2D eigenvalue weighted by atomic mass is 16.3. The van der Waals surface area contributed by atoms with Gasteiger partial charge in [-0.1, -0.05) is 6.08 Å². The smallest absolute Gasteiger partial charge is 0.298 e. The van der Waals surface area contributed by atoms with Crippen molar-refractivity contribution in [3.05, 3.63) is 59.9 Å². The van der Waals surface area contributed by atoms with E-state index in [0.29, 0.717) is 5.76 Å². The van der Waals surface area contributed by atoms with Crippen molar-refractivity contribution in [3.63, 3.8) is 0 Å². The van der Waals surface area contributed by atoms with Crippen LogP contribution in [-0.4, -0.2) is 10.8 Å². The van der Waals surface area contributed by atoms with Crippen molar-refractivity contribution < 1.29 is 9.21 Å². The zero-order valence-corrected chi connectivity index (χ0v) is 7.31. The highest BCUT2D eigenvalue weighted by Crippen LogP contribution is 2.32. The molecule has 2 aliphatic heterocycles. The third-order valence-corrected chi connectivity index (χ3v) is 2.28. The number of furan rings is 1. The fraction of sp³-hybridized carbons (Fsp3) is 0. The molecular weight excluding hydrogens is 178 g/mol. The van der Waals surface area contributed by atoms with Gasteiger partial charge in [0.2, 0.25) is 0 Å². The van der Waals surface area contributed by atoms with Crippen LogP contribution in [0.3, 0.4) is 0 Å². The van der Waals surface area contributed by atoms with Crippen molar-refractivity contribution in [1.29, 1.82) is 0 Å². The van der Waals surface area contributed by atoms with Crippen LogP contribution in [-0.2, 0) is 0 Å². The number of fused-ring (bicyclic) bond motifs is 2. The number of amides is 1. The van der Waals surface area contributed by atoms with Crippen molar-refractivity contribution in [3.8, 4) is 0 Å². The van der Waals surface area contributed by atoms with Gasteiger partial charge in [0, 0.05) is 0 Å². The van der Waals surface area contributed by atoms with Crippen LogP contribution in [0.4, 0.5) is 0 Å². The van der Waals surface area contributed by atoms with E-state index in [-0.39, 0.29) is 5.91 Å². The molecule has 0 saturated heterocycles. The Hall–Kier alpha value is -2.03. The number of carbonyl (C=O) groups is 1. The molecule has 2 aliphatic rings. The second kappa shape index (κ2) is 2.48. The van der Waals surface area contributed by atoms with E-state index in [4.69, 9.17) is 4.42 Å². The molecular formula is C11H7NO2. The van der Waals surface area contributed by atoms with Gasteiger partial charge in [0.25, 0.3) is 5.91 Å². The molecule has 1 aromatic heterocycles. The highest BCUT2D eigenvalue weighted by Gasteiger charge is 2.31. The maximum atomic E-state index is 11.8. The zero-order valence-electron chi connectivity index (χ0n) is 7.31. The SMILES string of the molecule is O=C(c1ccco1)N1c2cccc1c2. The van der Waals surface area contributed by atoms with E-state index in [0.717, 1.165) is 11.4 Å². The summed E-state index contributed by atoms with van der Waals surface area (Å²) in [4.78, 5) is 13.5. The molecule has 0 unspecified atom stereocenters. The summed E-state index contributed by atoms with van der Waals surface area (Å²) in [5, 5.41) is 0. The normalized spacial score (nSPS) is 17.3. The predicted octanol–water partition coefficient (Wildman–Crippen LogP) is 2.07. The fourth-order valence-electron chi connectivity index (χ4n) is 1.60. The number of nitrogens with zero attached hydrogens (tertiary/aromatic N) is 1. The van der Waals surface area contributed by atoms with Crippen molar-refractivity contribution in [2.75, 3.05) is 0 Å². The van der Waals surface area contributed by atoms with Gasteiger partial charge in [0.05, 0.1) is 17.7 Å². The molecule has 1 aromatic rings. The average molecular weight is 185 g/mol. The minimum Gasteiger partial charge on any atom is -0.459 e. The standard InChI is InChI=1S/C11H7NO2/c13-11(10-5-2-6-14-10)12-8-3-1-4-9(12)7-8/h1-7H. The molecule has 1 amide bonds. The summed E-state index contributed by atoms with van der Waals surface area (Å²) < 4.78 is 5.05. The molecule has 3 heteroatoms. The first-order valence-electron chi connectivity index (χ1n) is 4.34. The van der Waals surface area contributed by atoms with Crippen molar-refractivity contribution in [2.24, 2.45) is 0 Å². The van der Waals surface area contributed by atoms with E-state index in [1.54, 1.807) is 17.0 Å². The molecule has 0 spiro atoms. The first kappa shape index (κ1) is 7.38. The van der Waals surface area contributed by atoms with Gasteiger partial charge >= 0.3 is 0 Å². The van der Waals surface area contributed by atoms with Crippen molar-refractivity contribution in [1.82, 2.24) is 4.90 Å². The summed E-state index contributed by atoms with van der Waals surface area (Å²) in [5.41, 5.74) is 1.84. The summed E-state index contributed by atoms with van der Waals surface area (Å²) >= 11 is 0. The van der Waals surface area contributed by atoms with E-state index in [2.05, 4.69) is 0 Å². The summed E-state index contributed by atoms with van der Waals surface area (Å²) in [6.45, 7) is 0. The van der Waals surface area contributed by atoms with Gasteiger partial charge in [0.15, 0.2) is 5.76 Å². The van der Waals surface area contributed by atoms with Crippen LogP contribution < -0.4 is 0 Å². The second-order valence-electron chi connectivity index (χ2n) is 3.14. The zero-order chi connectivity index (χ0) is 9.54. The molecule has 3 rings (SSSR count). The molecule has 0 aliphatic carbocycles. The third kappa shape index (κ3) is 0.836. The van der Waals surface area contributed by atoms with Crippen molar-refractivity contribution >= 4 is 5.91 Å². The number of hydrogen-bond donors (Lipinski definition) is 0. The number of hydrogen-bond acceptors (Lipinski definition) is 2. The van der Waals surface area contributed by atoms with Gasteiger partial charge in [-0.15, -0.1) is 0 Å². The van der Waals surface area contributed by atoms with Crippen LogP contribution in [0.2, 0.25) is 0 Å². The first-order chi connectivity index (χ1) is 6.86. The van der Waals surface area contributed by atoms with E-state index >= 15 is 0 Å². The molecule has 2 bridgehead atoms. The lowest BCUT2D eigenvalue weighted by molar-refractivity contribution is 0.0806. The monoisotopic (exact) mass is 185 g/mol. The van der Waals surface area contributed by atoms with Gasteiger partial charge < -0.3 is 4.42 Å². The Morgan fingerprint density at radius 3 is 2.86 bits per heavy atom. The quantitative estimate of drug-likeness (QED) is 0.671. The molecule has 0 aromatic carbocycles. The van der Waals surface area contributed by atoms with Crippen molar-refractivity contribution in [2.45, 2.75) is 0 Å². The minimum absolute atomic E-state index is 0.108. The molecule has 0 atom stereocenters. The van der Waals surface area contributed by atoms with Gasteiger partial charge in [-0.2, -0.15) is 0 Å². The van der Waals surface area contributed by atoms with Crippen LogP contribution in [0.1, 0.15) is 10.6 Å². The first-order valence-corrected chi connectivity index (χ1v) is 4.34. The maximum absolute atomic E-state index is 11.8. The van der Waals surface area contributed by atoms with Gasteiger partial charge in [-0.25, -0.2) is 0 Å². The lowest BCUT2D eigenvalue weighted by atomic mass is 10.0. The Morgan fingerprint density at radius 1 is 1.36 bits per heavy atom. The molecule has 0 saturated carbocycles. The van der Waals surface area contributed by atoms with Crippen LogP contribution in [0.25, 0.3) is 0 Å². The Bertz CT molecular complexity index is 466. The maximum Gasteiger partial charge on any atom is 0.298 e.